The number of nitrogens with zero attached hydrogens (tertiary/aromatic N) is 3. The number of hydrazone groups is 1. The Morgan fingerprint density at radius 1 is 1.19 bits per heavy atom. The summed E-state index contributed by atoms with van der Waals surface area (Å²) in [5, 5.41) is 13.9. The van der Waals surface area contributed by atoms with E-state index in [1.807, 2.05) is 35.4 Å². The van der Waals surface area contributed by atoms with E-state index >= 15 is 0 Å². The summed E-state index contributed by atoms with van der Waals surface area (Å²) in [7, 11) is 2.47. The number of phenolic OH excluding ortho intramolecular Hbond substituents is 1. The van der Waals surface area contributed by atoms with E-state index in [0.29, 0.717) is 6.29 Å². The topological polar surface area (TPSA) is 83.6 Å². The van der Waals surface area contributed by atoms with Gasteiger partial charge in [-0.3, -0.25) is 9.46 Å². The Hall–Kier alpha value is -1.30. The van der Waals surface area contributed by atoms with Gasteiger partial charge < -0.3 is 18.9 Å². The van der Waals surface area contributed by atoms with E-state index < -0.39 is 14.4 Å². The molecule has 12 heteroatoms. The Balaban J connectivity index is 1.59. The predicted octanol–water partition coefficient (Wildman–Crippen LogP) is 5.84. The van der Waals surface area contributed by atoms with Crippen molar-refractivity contribution >= 4 is 40.2 Å². The number of phenols is 1. The van der Waals surface area contributed by atoms with Crippen molar-refractivity contribution in [3.8, 4) is 11.5 Å². The Morgan fingerprint density at radius 2 is 1.83 bits per heavy atom. The van der Waals surface area contributed by atoms with Crippen molar-refractivity contribution < 1.29 is 23.5 Å². The van der Waals surface area contributed by atoms with E-state index in [4.69, 9.17) is 18.9 Å². The number of rotatable bonds is 14. The highest BCUT2D eigenvalue weighted by Crippen LogP contribution is 2.61. The predicted molar refractivity (Wildman–Crippen MR) is 155 cm³/mol. The van der Waals surface area contributed by atoms with Crippen LogP contribution in [0.2, 0.25) is 0 Å². The van der Waals surface area contributed by atoms with Gasteiger partial charge in [0.1, 0.15) is 17.8 Å². The molecule has 0 bridgehead atoms. The van der Waals surface area contributed by atoms with Crippen molar-refractivity contribution in [2.75, 3.05) is 39.6 Å². The highest BCUT2D eigenvalue weighted by Gasteiger charge is 2.60. The Bertz CT molecular complexity index is 1120. The van der Waals surface area contributed by atoms with Gasteiger partial charge in [-0.2, -0.15) is 0 Å². The minimum absolute atomic E-state index is 0.0431. The van der Waals surface area contributed by atoms with Gasteiger partial charge in [-0.1, -0.05) is 19.1 Å². The lowest BCUT2D eigenvalue weighted by atomic mass is 10.1. The zero-order valence-electron chi connectivity index (χ0n) is 21.5. The Kier molecular flexibility index (Phi) is 10.5. The van der Waals surface area contributed by atoms with Crippen LogP contribution in [0.4, 0.5) is 0 Å². The average molecular weight is 573 g/mol. The summed E-state index contributed by atoms with van der Waals surface area (Å²) in [5.41, 5.74) is 2.13. The molecule has 36 heavy (non-hydrogen) atoms. The van der Waals surface area contributed by atoms with Crippen molar-refractivity contribution in [3.05, 3.63) is 59.7 Å². The first kappa shape index (κ1) is 29.3. The summed E-state index contributed by atoms with van der Waals surface area (Å²) in [6.07, 6.45) is 6.69. The molecule has 198 valence electrons. The van der Waals surface area contributed by atoms with E-state index in [0.717, 1.165) is 30.7 Å². The molecule has 8 nitrogen and oxygen atoms in total. The molecule has 3 rings (SSSR count). The zero-order valence-corrected chi connectivity index (χ0v) is 25.3. The molecule has 0 fully saturated rings. The van der Waals surface area contributed by atoms with E-state index in [1.54, 1.807) is 12.1 Å². The molecule has 0 aliphatic carbocycles. The van der Waals surface area contributed by atoms with Gasteiger partial charge in [-0.05, 0) is 58.1 Å². The number of hydrogen-bond donors (Lipinski definition) is 1. The molecule has 2 aromatic rings. The molecule has 1 aliphatic heterocycles. The van der Waals surface area contributed by atoms with Gasteiger partial charge in [-0.15, -0.1) is 14.3 Å². The first-order chi connectivity index (χ1) is 17.2. The number of benzene rings is 2. The second-order valence-corrected chi connectivity index (χ2v) is 17.1. The molecule has 4 atom stereocenters. The summed E-state index contributed by atoms with van der Waals surface area (Å²) in [4.78, 5) is 2.04. The normalized spacial score (nSPS) is 18.6. The number of hydrogen-bond acceptors (Lipinski definition) is 8. The van der Waals surface area contributed by atoms with Crippen LogP contribution >= 0.6 is 23.7 Å². The van der Waals surface area contributed by atoms with Gasteiger partial charge in [0, 0.05) is 46.7 Å². The maximum absolute atomic E-state index is 12.4. The lowest BCUT2D eigenvalue weighted by Gasteiger charge is -2.24. The minimum Gasteiger partial charge on any atom is -0.508 e. The average Bonchev–Trinajstić information content (AvgIpc) is 3.56. The van der Waals surface area contributed by atoms with Crippen LogP contribution in [-0.2, 0) is 30.3 Å². The van der Waals surface area contributed by atoms with Gasteiger partial charge in [0.05, 0.1) is 6.21 Å². The zero-order chi connectivity index (χ0) is 26.3. The quantitative estimate of drug-likeness (QED) is 0.225. The minimum atomic E-state index is -3.08. The van der Waals surface area contributed by atoms with E-state index in [-0.39, 0.29) is 27.6 Å². The molecule has 1 N–H and O–H groups in total. The molecule has 0 saturated heterocycles. The van der Waals surface area contributed by atoms with E-state index in [1.165, 1.54) is 19.8 Å². The Labute approximate surface area is 220 Å². The third kappa shape index (κ3) is 7.61. The first-order valence-electron chi connectivity index (χ1n) is 11.7. The summed E-state index contributed by atoms with van der Waals surface area (Å²) >= 11 is 0. The maximum atomic E-state index is 12.4. The van der Waals surface area contributed by atoms with Gasteiger partial charge in [0.25, 0.3) is 5.34 Å². The first-order valence-corrected chi connectivity index (χ1v) is 17.7. The third-order valence-corrected chi connectivity index (χ3v) is 15.2. The van der Waals surface area contributed by atoms with E-state index in [9.17, 15) is 9.67 Å². The molecule has 1 aliphatic rings. The summed E-state index contributed by atoms with van der Waals surface area (Å²) in [5.74, 6) is 1.10. The largest absolute Gasteiger partial charge is 0.508 e. The highest BCUT2D eigenvalue weighted by molar-refractivity contribution is 8.38. The van der Waals surface area contributed by atoms with Crippen molar-refractivity contribution in [1.29, 1.82) is 0 Å². The van der Waals surface area contributed by atoms with Crippen LogP contribution in [0.1, 0.15) is 31.4 Å². The van der Waals surface area contributed by atoms with Crippen molar-refractivity contribution in [3.63, 3.8) is 0 Å². The molecule has 1 heterocycles. The van der Waals surface area contributed by atoms with Crippen LogP contribution in [0.3, 0.4) is 0 Å². The fraction of sp³-hybridized carbons (Fsp3) is 0.458. The molecule has 0 aromatic heterocycles. The fourth-order valence-corrected chi connectivity index (χ4v) is 12.1. The van der Waals surface area contributed by atoms with E-state index in [2.05, 4.69) is 45.7 Å². The lowest BCUT2D eigenvalue weighted by molar-refractivity contribution is 0.175. The molecule has 0 radical (unpaired) electrons. The molecule has 0 saturated carbocycles. The van der Waals surface area contributed by atoms with Crippen molar-refractivity contribution in [2.24, 2.45) is 5.10 Å². The van der Waals surface area contributed by atoms with Crippen LogP contribution in [-0.4, -0.2) is 65.3 Å². The standard InChI is InChI=1S/C24H36N3O5P3S/c1-6-24(2,34-27(36(34)5)25-17-21-7-11-22(28)12-8-21)32-23-13-9-20(10-14-23)15-16-26(18-33)19-35(29,30-3)31-4/h7-14,17H,6,15-16,18-19,33H2,1-5H3/p+1. The number of aromatic hydroxyl groups is 1. The summed E-state index contributed by atoms with van der Waals surface area (Å²) in [6, 6.07) is 15.3. The lowest BCUT2D eigenvalue weighted by Crippen LogP contribution is -2.27. The SMILES string of the molecule is CCC(C)(Oc1ccc(CCN(CP)CP(=O)(OC)OC)cc1)[P+]1=S(C)N1N=Cc1ccc(O)cc1. The molecular formula is C24H37N3O5P3S+. The van der Waals surface area contributed by atoms with Gasteiger partial charge in [-0.25, -0.2) is 0 Å². The van der Waals surface area contributed by atoms with Gasteiger partial charge in [0.2, 0.25) is 0 Å². The van der Waals surface area contributed by atoms with Crippen molar-refractivity contribution in [2.45, 2.75) is 32.0 Å². The van der Waals surface area contributed by atoms with Crippen LogP contribution < -0.4 is 4.74 Å². The summed E-state index contributed by atoms with van der Waals surface area (Å²) < 4.78 is 31.3. The molecular weight excluding hydrogens is 535 g/mol. The maximum Gasteiger partial charge on any atom is 0.345 e. The van der Waals surface area contributed by atoms with Crippen LogP contribution in [0.5, 0.6) is 11.5 Å². The highest BCUT2D eigenvalue weighted by atomic mass is 32.6. The van der Waals surface area contributed by atoms with Gasteiger partial charge >= 0.3 is 14.4 Å². The summed E-state index contributed by atoms with van der Waals surface area (Å²) in [6.45, 7) is 4.51. The third-order valence-electron chi connectivity index (χ3n) is 6.04. The van der Waals surface area contributed by atoms with Crippen LogP contribution in [0, 0.1) is 0 Å². The second-order valence-electron chi connectivity index (χ2n) is 8.53. The van der Waals surface area contributed by atoms with Crippen molar-refractivity contribution in [1.82, 2.24) is 9.08 Å². The second kappa shape index (κ2) is 13.0. The molecule has 0 spiro atoms. The van der Waals surface area contributed by atoms with Crippen LogP contribution in [0.25, 0.3) is 0 Å². The molecule has 0 amide bonds. The van der Waals surface area contributed by atoms with Crippen LogP contribution in [0.15, 0.2) is 53.6 Å². The Morgan fingerprint density at radius 3 is 2.39 bits per heavy atom. The van der Waals surface area contributed by atoms with Gasteiger partial charge in [0.15, 0.2) is 10.3 Å². The number of ether oxygens (including phenoxy) is 1. The monoisotopic (exact) mass is 572 g/mol. The molecule has 4 unspecified atom stereocenters. The smallest absolute Gasteiger partial charge is 0.345 e. The fourth-order valence-electron chi connectivity index (χ4n) is 3.58. The molecule has 2 aromatic carbocycles.